The number of nitrogens with zero attached hydrogens (tertiary/aromatic N) is 2. The number of carbonyl (C=O) groups is 1. The lowest BCUT2D eigenvalue weighted by atomic mass is 9.96. The average Bonchev–Trinajstić information content (AvgIpc) is 2.56. The maximum absolute atomic E-state index is 12.2. The van der Waals surface area contributed by atoms with E-state index in [9.17, 15) is 4.79 Å². The molecule has 18 heavy (non-hydrogen) atoms. The summed E-state index contributed by atoms with van der Waals surface area (Å²) in [5.41, 5.74) is 7.63. The van der Waals surface area contributed by atoms with Crippen LogP contribution in [0.15, 0.2) is 0 Å². The molecule has 1 amide bonds. The van der Waals surface area contributed by atoms with Crippen LogP contribution < -0.4 is 5.73 Å². The van der Waals surface area contributed by atoms with Crippen molar-refractivity contribution in [3.8, 4) is 0 Å². The van der Waals surface area contributed by atoms with E-state index < -0.39 is 0 Å². The molecule has 5 nitrogen and oxygen atoms in total. The molecule has 0 radical (unpaired) electrons. The van der Waals surface area contributed by atoms with E-state index in [4.69, 9.17) is 5.73 Å². The second kappa shape index (κ2) is 5.00. The minimum Gasteiger partial charge on any atom is -0.395 e. The number of aromatic nitrogens is 2. The minimum atomic E-state index is -0.134. The van der Waals surface area contributed by atoms with Gasteiger partial charge in [0, 0.05) is 13.6 Å². The van der Waals surface area contributed by atoms with Crippen molar-refractivity contribution in [2.75, 3.05) is 19.3 Å². The fraction of sp³-hybridized carbons (Fsp3) is 0.692. The standard InChI is InChI=1S/C13H24N4O/c1-8(2)10-9(14)11(16-15-10)12(18)17(6)7-13(3,4)5/h8H,7,14H2,1-6H3,(H,15,16). The molecule has 1 aromatic heterocycles. The highest BCUT2D eigenvalue weighted by atomic mass is 16.2. The Morgan fingerprint density at radius 1 is 1.44 bits per heavy atom. The predicted octanol–water partition coefficient (Wildman–Crippen LogP) is 2.23. The molecule has 0 saturated carbocycles. The van der Waals surface area contributed by atoms with Gasteiger partial charge in [0.25, 0.3) is 5.91 Å². The second-order valence-electron chi connectivity index (χ2n) is 6.28. The lowest BCUT2D eigenvalue weighted by molar-refractivity contribution is 0.0741. The molecule has 0 saturated heterocycles. The van der Waals surface area contributed by atoms with Gasteiger partial charge >= 0.3 is 0 Å². The van der Waals surface area contributed by atoms with Crippen molar-refractivity contribution in [1.29, 1.82) is 0 Å². The van der Waals surface area contributed by atoms with Gasteiger partial charge in [-0.2, -0.15) is 5.10 Å². The van der Waals surface area contributed by atoms with Crippen molar-refractivity contribution in [2.45, 2.75) is 40.5 Å². The van der Waals surface area contributed by atoms with Gasteiger partial charge in [0.05, 0.1) is 11.4 Å². The van der Waals surface area contributed by atoms with Crippen LogP contribution in [0, 0.1) is 5.41 Å². The zero-order valence-corrected chi connectivity index (χ0v) is 12.2. The first kappa shape index (κ1) is 14.5. The molecule has 1 rings (SSSR count). The summed E-state index contributed by atoms with van der Waals surface area (Å²) in [5, 5.41) is 6.90. The Bertz CT molecular complexity index is 429. The Kier molecular flexibility index (Phi) is 4.04. The molecule has 0 fully saturated rings. The summed E-state index contributed by atoms with van der Waals surface area (Å²) in [6.07, 6.45) is 0. The molecule has 1 aromatic rings. The van der Waals surface area contributed by atoms with Crippen LogP contribution in [0.25, 0.3) is 0 Å². The molecule has 0 aliphatic heterocycles. The first-order valence-corrected chi connectivity index (χ1v) is 6.22. The van der Waals surface area contributed by atoms with Crippen LogP contribution >= 0.6 is 0 Å². The van der Waals surface area contributed by atoms with E-state index in [-0.39, 0.29) is 17.2 Å². The molecule has 0 aromatic carbocycles. The summed E-state index contributed by atoms with van der Waals surface area (Å²) in [6.45, 7) is 10.9. The van der Waals surface area contributed by atoms with Gasteiger partial charge in [-0.25, -0.2) is 0 Å². The Labute approximate surface area is 109 Å². The molecule has 0 aliphatic rings. The van der Waals surface area contributed by atoms with Crippen molar-refractivity contribution < 1.29 is 4.79 Å². The second-order valence-corrected chi connectivity index (χ2v) is 6.28. The van der Waals surface area contributed by atoms with Gasteiger partial charge in [-0.15, -0.1) is 0 Å². The average molecular weight is 252 g/mol. The first-order chi connectivity index (χ1) is 8.13. The molecule has 0 aliphatic carbocycles. The third-order valence-electron chi connectivity index (χ3n) is 2.67. The van der Waals surface area contributed by atoms with Crippen LogP contribution in [-0.2, 0) is 0 Å². The monoisotopic (exact) mass is 252 g/mol. The molecule has 102 valence electrons. The van der Waals surface area contributed by atoms with E-state index in [2.05, 4.69) is 31.0 Å². The van der Waals surface area contributed by atoms with Crippen LogP contribution in [0.1, 0.15) is 56.7 Å². The van der Waals surface area contributed by atoms with E-state index in [0.29, 0.717) is 17.9 Å². The minimum absolute atomic E-state index is 0.0519. The van der Waals surface area contributed by atoms with E-state index in [0.717, 1.165) is 5.69 Å². The number of nitrogens with one attached hydrogen (secondary N) is 1. The molecule has 0 bridgehead atoms. The molecule has 0 unspecified atom stereocenters. The third-order valence-corrected chi connectivity index (χ3v) is 2.67. The molecular formula is C13H24N4O. The number of anilines is 1. The van der Waals surface area contributed by atoms with Crippen LogP contribution in [0.3, 0.4) is 0 Å². The van der Waals surface area contributed by atoms with Gasteiger partial charge in [0.15, 0.2) is 5.69 Å². The normalized spacial score (nSPS) is 11.9. The summed E-state index contributed by atoms with van der Waals surface area (Å²) in [6, 6.07) is 0. The maximum atomic E-state index is 12.2. The maximum Gasteiger partial charge on any atom is 0.276 e. The fourth-order valence-electron chi connectivity index (χ4n) is 1.93. The number of carbonyl (C=O) groups excluding carboxylic acids is 1. The quantitative estimate of drug-likeness (QED) is 0.866. The van der Waals surface area contributed by atoms with E-state index in [1.54, 1.807) is 11.9 Å². The predicted molar refractivity (Wildman–Crippen MR) is 73.5 cm³/mol. The number of amides is 1. The van der Waals surface area contributed by atoms with Gasteiger partial charge in [0.1, 0.15) is 0 Å². The SMILES string of the molecule is CC(C)c1[nH]nc(C(=O)N(C)CC(C)(C)C)c1N. The van der Waals surface area contributed by atoms with Crippen LogP contribution in [0.4, 0.5) is 5.69 Å². The highest BCUT2D eigenvalue weighted by Gasteiger charge is 2.24. The van der Waals surface area contributed by atoms with Gasteiger partial charge in [-0.1, -0.05) is 34.6 Å². The first-order valence-electron chi connectivity index (χ1n) is 6.22. The fourth-order valence-corrected chi connectivity index (χ4v) is 1.93. The van der Waals surface area contributed by atoms with Crippen LogP contribution in [-0.4, -0.2) is 34.6 Å². The van der Waals surface area contributed by atoms with Gasteiger partial charge in [0.2, 0.25) is 0 Å². The molecule has 3 N–H and O–H groups in total. The number of H-pyrrole nitrogens is 1. The smallest absolute Gasteiger partial charge is 0.276 e. The molecule has 5 heteroatoms. The zero-order valence-electron chi connectivity index (χ0n) is 12.2. The number of nitrogens with two attached hydrogens (primary N) is 1. The van der Waals surface area contributed by atoms with Gasteiger partial charge in [-0.05, 0) is 11.3 Å². The largest absolute Gasteiger partial charge is 0.395 e. The highest BCUT2D eigenvalue weighted by Crippen LogP contribution is 2.23. The third kappa shape index (κ3) is 3.24. The summed E-state index contributed by atoms with van der Waals surface area (Å²) >= 11 is 0. The highest BCUT2D eigenvalue weighted by molar-refractivity contribution is 5.97. The van der Waals surface area contributed by atoms with Crippen molar-refractivity contribution >= 4 is 11.6 Å². The lowest BCUT2D eigenvalue weighted by Gasteiger charge is -2.26. The summed E-state index contributed by atoms with van der Waals surface area (Å²) in [4.78, 5) is 13.9. The Balaban J connectivity index is 2.91. The molecule has 0 spiro atoms. The lowest BCUT2D eigenvalue weighted by Crippen LogP contribution is -2.35. The van der Waals surface area contributed by atoms with Crippen molar-refractivity contribution in [3.63, 3.8) is 0 Å². The van der Waals surface area contributed by atoms with Crippen molar-refractivity contribution in [3.05, 3.63) is 11.4 Å². The molecule has 0 atom stereocenters. The number of nitrogen functional groups attached to an aromatic ring is 1. The van der Waals surface area contributed by atoms with Crippen molar-refractivity contribution in [2.24, 2.45) is 5.41 Å². The van der Waals surface area contributed by atoms with Gasteiger partial charge < -0.3 is 10.6 Å². The van der Waals surface area contributed by atoms with E-state index in [1.807, 2.05) is 13.8 Å². The Morgan fingerprint density at radius 3 is 2.39 bits per heavy atom. The number of hydrogen-bond donors (Lipinski definition) is 2. The van der Waals surface area contributed by atoms with E-state index in [1.165, 1.54) is 0 Å². The summed E-state index contributed by atoms with van der Waals surface area (Å²) < 4.78 is 0. The Hall–Kier alpha value is -1.52. The molecular weight excluding hydrogens is 228 g/mol. The van der Waals surface area contributed by atoms with Gasteiger partial charge in [-0.3, -0.25) is 9.89 Å². The number of hydrogen-bond acceptors (Lipinski definition) is 3. The topological polar surface area (TPSA) is 75.0 Å². The van der Waals surface area contributed by atoms with Crippen molar-refractivity contribution in [1.82, 2.24) is 15.1 Å². The zero-order chi connectivity index (χ0) is 14.1. The van der Waals surface area contributed by atoms with Crippen LogP contribution in [0.2, 0.25) is 0 Å². The molecule has 1 heterocycles. The number of rotatable bonds is 3. The Morgan fingerprint density at radius 2 is 2.00 bits per heavy atom. The van der Waals surface area contributed by atoms with E-state index >= 15 is 0 Å². The number of aromatic amines is 1. The summed E-state index contributed by atoms with van der Waals surface area (Å²) in [7, 11) is 1.77. The summed E-state index contributed by atoms with van der Waals surface area (Å²) in [5.74, 6) is 0.0950. The van der Waals surface area contributed by atoms with Crippen LogP contribution in [0.5, 0.6) is 0 Å².